The maximum absolute atomic E-state index is 11.2. The standard InChI is InChI=1S/C11H11N3O4S2/c1-5-8-10(13-19(3,15)16)7-11(9(6-2)12-8)14-20(4,17)18/h1-2,7,13-14H,3-4H3. The summed E-state index contributed by atoms with van der Waals surface area (Å²) in [5, 5.41) is 0. The molecule has 0 spiro atoms. The summed E-state index contributed by atoms with van der Waals surface area (Å²) < 4.78 is 49.2. The number of hydrogen-bond donors (Lipinski definition) is 2. The highest BCUT2D eigenvalue weighted by atomic mass is 32.2. The monoisotopic (exact) mass is 313 g/mol. The van der Waals surface area contributed by atoms with Crippen LogP contribution in [0.25, 0.3) is 0 Å². The molecule has 0 aliphatic rings. The Labute approximate surface area is 117 Å². The smallest absolute Gasteiger partial charge is 0.229 e. The Hall–Kier alpha value is -2.23. The van der Waals surface area contributed by atoms with Gasteiger partial charge in [0, 0.05) is 0 Å². The zero-order chi connectivity index (χ0) is 15.6. The fourth-order valence-electron chi connectivity index (χ4n) is 1.29. The predicted octanol–water partition coefficient (Wildman–Crippen LogP) is -0.213. The minimum atomic E-state index is -3.60. The summed E-state index contributed by atoms with van der Waals surface area (Å²) in [7, 11) is -7.21. The lowest BCUT2D eigenvalue weighted by molar-refractivity contribution is 0.605. The van der Waals surface area contributed by atoms with Gasteiger partial charge in [-0.05, 0) is 17.9 Å². The molecule has 0 fully saturated rings. The highest BCUT2D eigenvalue weighted by Gasteiger charge is 2.14. The molecule has 106 valence electrons. The Bertz CT molecular complexity index is 760. The van der Waals surface area contributed by atoms with E-state index in [-0.39, 0.29) is 22.8 Å². The van der Waals surface area contributed by atoms with Gasteiger partial charge < -0.3 is 0 Å². The van der Waals surface area contributed by atoms with E-state index in [0.29, 0.717) is 0 Å². The van der Waals surface area contributed by atoms with Crippen LogP contribution in [0.4, 0.5) is 11.4 Å². The van der Waals surface area contributed by atoms with Gasteiger partial charge in [-0.15, -0.1) is 12.8 Å². The molecule has 0 saturated carbocycles. The van der Waals surface area contributed by atoms with Crippen molar-refractivity contribution in [1.82, 2.24) is 4.98 Å². The van der Waals surface area contributed by atoms with Crippen molar-refractivity contribution in [3.05, 3.63) is 17.5 Å². The van der Waals surface area contributed by atoms with Crippen molar-refractivity contribution < 1.29 is 16.8 Å². The van der Waals surface area contributed by atoms with E-state index in [1.807, 2.05) is 0 Å². The number of nitrogens with one attached hydrogen (secondary N) is 2. The summed E-state index contributed by atoms with van der Waals surface area (Å²) in [4.78, 5) is 3.85. The Morgan fingerprint density at radius 2 is 1.30 bits per heavy atom. The van der Waals surface area contributed by atoms with Crippen molar-refractivity contribution >= 4 is 31.4 Å². The summed E-state index contributed by atoms with van der Waals surface area (Å²) in [6, 6.07) is 1.18. The van der Waals surface area contributed by atoms with E-state index in [4.69, 9.17) is 12.8 Å². The number of hydrogen-bond acceptors (Lipinski definition) is 5. The van der Waals surface area contributed by atoms with Crippen LogP contribution in [0.1, 0.15) is 11.4 Å². The number of aromatic nitrogens is 1. The van der Waals surface area contributed by atoms with Gasteiger partial charge in [-0.1, -0.05) is 0 Å². The fraction of sp³-hybridized carbons (Fsp3) is 0.182. The molecule has 0 amide bonds. The van der Waals surface area contributed by atoms with Gasteiger partial charge in [0.2, 0.25) is 20.0 Å². The molecule has 0 atom stereocenters. The van der Waals surface area contributed by atoms with E-state index >= 15 is 0 Å². The Balaban J connectivity index is 3.51. The molecule has 0 aliphatic carbocycles. The van der Waals surface area contributed by atoms with Gasteiger partial charge in [0.05, 0.1) is 23.9 Å². The topological polar surface area (TPSA) is 105 Å². The third-order valence-corrected chi connectivity index (χ3v) is 3.07. The molecular weight excluding hydrogens is 302 g/mol. The maximum atomic E-state index is 11.2. The van der Waals surface area contributed by atoms with Gasteiger partial charge in [0.15, 0.2) is 0 Å². The molecule has 1 aromatic rings. The van der Waals surface area contributed by atoms with Crippen LogP contribution >= 0.6 is 0 Å². The third-order valence-electron chi connectivity index (χ3n) is 1.89. The van der Waals surface area contributed by atoms with E-state index in [1.165, 1.54) is 6.07 Å². The first-order valence-electron chi connectivity index (χ1n) is 4.99. The van der Waals surface area contributed by atoms with Crippen LogP contribution < -0.4 is 9.44 Å². The molecule has 0 bridgehead atoms. The lowest BCUT2D eigenvalue weighted by Gasteiger charge is -2.11. The number of terminal acetylenes is 2. The molecule has 1 rings (SSSR count). The summed E-state index contributed by atoms with van der Waals surface area (Å²) in [5.41, 5.74) is -0.162. The van der Waals surface area contributed by atoms with Crippen LogP contribution in [0.3, 0.4) is 0 Å². The van der Waals surface area contributed by atoms with Gasteiger partial charge in [0.1, 0.15) is 11.4 Å². The van der Waals surface area contributed by atoms with Crippen molar-refractivity contribution in [2.24, 2.45) is 0 Å². The minimum absolute atomic E-state index is 0.0394. The van der Waals surface area contributed by atoms with Crippen LogP contribution in [-0.2, 0) is 20.0 Å². The van der Waals surface area contributed by atoms with Crippen LogP contribution in [0.2, 0.25) is 0 Å². The molecule has 2 N–H and O–H groups in total. The molecule has 0 unspecified atom stereocenters. The number of sulfonamides is 2. The first-order valence-corrected chi connectivity index (χ1v) is 8.78. The predicted molar refractivity (Wildman–Crippen MR) is 77.0 cm³/mol. The molecule has 1 aromatic heterocycles. The Morgan fingerprint density at radius 1 is 0.950 bits per heavy atom. The van der Waals surface area contributed by atoms with E-state index in [9.17, 15) is 16.8 Å². The van der Waals surface area contributed by atoms with Gasteiger partial charge >= 0.3 is 0 Å². The lowest BCUT2D eigenvalue weighted by Crippen LogP contribution is -2.15. The average Bonchev–Trinajstić information content (AvgIpc) is 2.25. The highest BCUT2D eigenvalue weighted by molar-refractivity contribution is 7.92. The largest absolute Gasteiger partial charge is 0.281 e. The maximum Gasteiger partial charge on any atom is 0.229 e. The molecule has 20 heavy (non-hydrogen) atoms. The first kappa shape index (κ1) is 15.8. The van der Waals surface area contributed by atoms with E-state index < -0.39 is 20.0 Å². The molecule has 9 heteroatoms. The number of anilines is 2. The Morgan fingerprint density at radius 3 is 1.55 bits per heavy atom. The normalized spacial score (nSPS) is 11.2. The van der Waals surface area contributed by atoms with Crippen molar-refractivity contribution in [1.29, 1.82) is 0 Å². The number of rotatable bonds is 4. The van der Waals surface area contributed by atoms with Gasteiger partial charge in [-0.2, -0.15) is 0 Å². The fourth-order valence-corrected chi connectivity index (χ4v) is 2.40. The zero-order valence-corrected chi connectivity index (χ0v) is 12.3. The van der Waals surface area contributed by atoms with Crippen molar-refractivity contribution in [2.45, 2.75) is 0 Å². The summed E-state index contributed by atoms with van der Waals surface area (Å²) in [5.74, 6) is 4.34. The summed E-state index contributed by atoms with van der Waals surface area (Å²) in [6.07, 6.45) is 12.3. The van der Waals surface area contributed by atoms with Crippen LogP contribution in [-0.4, -0.2) is 34.3 Å². The van der Waals surface area contributed by atoms with E-state index in [1.54, 1.807) is 0 Å². The second-order valence-electron chi connectivity index (χ2n) is 3.82. The van der Waals surface area contributed by atoms with Crippen molar-refractivity contribution in [3.8, 4) is 24.7 Å². The zero-order valence-electron chi connectivity index (χ0n) is 10.6. The molecule has 0 aromatic carbocycles. The molecule has 0 aliphatic heterocycles. The lowest BCUT2D eigenvalue weighted by atomic mass is 10.2. The van der Waals surface area contributed by atoms with Gasteiger partial charge in [0.25, 0.3) is 0 Å². The van der Waals surface area contributed by atoms with Crippen LogP contribution in [0.5, 0.6) is 0 Å². The Kier molecular flexibility index (Phi) is 4.28. The average molecular weight is 313 g/mol. The third kappa shape index (κ3) is 4.46. The van der Waals surface area contributed by atoms with Crippen molar-refractivity contribution in [2.75, 3.05) is 22.0 Å². The summed E-state index contributed by atoms with van der Waals surface area (Å²) in [6.45, 7) is 0. The van der Waals surface area contributed by atoms with Crippen molar-refractivity contribution in [3.63, 3.8) is 0 Å². The second-order valence-corrected chi connectivity index (χ2v) is 7.31. The van der Waals surface area contributed by atoms with Crippen LogP contribution in [0.15, 0.2) is 6.07 Å². The second kappa shape index (κ2) is 5.41. The molecule has 7 nitrogen and oxygen atoms in total. The highest BCUT2D eigenvalue weighted by Crippen LogP contribution is 2.23. The van der Waals surface area contributed by atoms with Crippen LogP contribution in [0, 0.1) is 24.7 Å². The number of pyridine rings is 1. The SMILES string of the molecule is C#Cc1nc(C#C)c(NS(C)(=O)=O)cc1NS(C)(=O)=O. The molecular formula is C11H11N3O4S2. The molecule has 1 heterocycles. The van der Waals surface area contributed by atoms with Gasteiger partial charge in [-0.3, -0.25) is 9.44 Å². The summed E-state index contributed by atoms with van der Waals surface area (Å²) >= 11 is 0. The quantitative estimate of drug-likeness (QED) is 0.748. The van der Waals surface area contributed by atoms with E-state index in [0.717, 1.165) is 12.5 Å². The van der Waals surface area contributed by atoms with E-state index in [2.05, 4.69) is 26.3 Å². The molecule has 0 saturated heterocycles. The van der Waals surface area contributed by atoms with Gasteiger partial charge in [-0.25, -0.2) is 21.8 Å². The first-order chi connectivity index (χ1) is 9.05. The minimum Gasteiger partial charge on any atom is -0.281 e. The molecule has 0 radical (unpaired) electrons. The number of nitrogens with zero attached hydrogens (tertiary/aromatic N) is 1.